The number of ether oxygens (including phenoxy) is 2. The van der Waals surface area contributed by atoms with Crippen molar-refractivity contribution < 1.29 is 27.5 Å². The number of esters is 1. The zero-order valence-corrected chi connectivity index (χ0v) is 24.7. The summed E-state index contributed by atoms with van der Waals surface area (Å²) in [6.07, 6.45) is 1.41. The van der Waals surface area contributed by atoms with E-state index in [0.717, 1.165) is 35.2 Å². The van der Waals surface area contributed by atoms with Gasteiger partial charge < -0.3 is 14.0 Å². The standard InChI is InChI=1S/C31H38N2O6S/c1-6-10-25-20-32(40(36,37)30-12-9-8-11-29(30)39-25)19-24-17-23(14-13-21(24)3)26(18-31(35)38-5)28-16-15-27(22(4)34)33(28)7-2/h8-9,11-17,25-26H,6-7,10,18-20H2,1-5H3/t25-,26?/m1/s1. The highest BCUT2D eigenvalue weighted by molar-refractivity contribution is 7.89. The van der Waals surface area contributed by atoms with Crippen LogP contribution in [0.15, 0.2) is 59.5 Å². The molecule has 214 valence electrons. The molecule has 3 aromatic rings. The monoisotopic (exact) mass is 566 g/mol. The Hall–Kier alpha value is -3.43. The number of nitrogens with zero attached hydrogens (tertiary/aromatic N) is 2. The molecule has 0 N–H and O–H groups in total. The minimum atomic E-state index is -3.82. The first-order valence-corrected chi connectivity index (χ1v) is 15.2. The van der Waals surface area contributed by atoms with Gasteiger partial charge in [-0.1, -0.05) is 43.7 Å². The van der Waals surface area contributed by atoms with Gasteiger partial charge in [0.1, 0.15) is 16.7 Å². The van der Waals surface area contributed by atoms with Crippen molar-refractivity contribution in [2.24, 2.45) is 0 Å². The first kappa shape index (κ1) is 29.6. The fourth-order valence-corrected chi connectivity index (χ4v) is 6.99. The Morgan fingerprint density at radius 2 is 1.85 bits per heavy atom. The average Bonchev–Trinajstić information content (AvgIpc) is 3.33. The number of aryl methyl sites for hydroxylation is 1. The summed E-state index contributed by atoms with van der Waals surface area (Å²) in [5.74, 6) is -0.414. The molecule has 0 saturated heterocycles. The van der Waals surface area contributed by atoms with Gasteiger partial charge in [0.05, 0.1) is 25.8 Å². The Labute approximate surface area is 237 Å². The van der Waals surface area contributed by atoms with Gasteiger partial charge in [0.25, 0.3) is 0 Å². The van der Waals surface area contributed by atoms with Crippen molar-refractivity contribution in [2.75, 3.05) is 13.7 Å². The first-order chi connectivity index (χ1) is 19.1. The number of carbonyl (C=O) groups excluding carboxylic acids is 2. The zero-order chi connectivity index (χ0) is 29.0. The first-order valence-electron chi connectivity index (χ1n) is 13.7. The Morgan fingerprint density at radius 1 is 1.10 bits per heavy atom. The van der Waals surface area contributed by atoms with E-state index < -0.39 is 10.0 Å². The lowest BCUT2D eigenvalue weighted by atomic mass is 9.90. The molecule has 1 aliphatic heterocycles. The molecule has 2 heterocycles. The summed E-state index contributed by atoms with van der Waals surface area (Å²) in [4.78, 5) is 24.9. The van der Waals surface area contributed by atoms with Gasteiger partial charge in [-0.2, -0.15) is 4.31 Å². The number of rotatable bonds is 10. The molecule has 1 aliphatic rings. The second-order valence-corrected chi connectivity index (χ2v) is 12.1. The molecule has 2 atom stereocenters. The van der Waals surface area contributed by atoms with Crippen LogP contribution in [0, 0.1) is 6.92 Å². The van der Waals surface area contributed by atoms with Crippen LogP contribution in [0.25, 0.3) is 0 Å². The molecule has 0 spiro atoms. The highest BCUT2D eigenvalue weighted by atomic mass is 32.2. The molecule has 0 bridgehead atoms. The summed E-state index contributed by atoms with van der Waals surface area (Å²) in [6, 6.07) is 16.4. The highest BCUT2D eigenvalue weighted by Gasteiger charge is 2.35. The van der Waals surface area contributed by atoms with Crippen molar-refractivity contribution in [1.82, 2.24) is 8.87 Å². The maximum atomic E-state index is 13.8. The van der Waals surface area contributed by atoms with E-state index >= 15 is 0 Å². The van der Waals surface area contributed by atoms with Crippen LogP contribution in [0.1, 0.15) is 78.8 Å². The molecule has 0 aliphatic carbocycles. The van der Waals surface area contributed by atoms with Gasteiger partial charge in [-0.3, -0.25) is 9.59 Å². The predicted octanol–water partition coefficient (Wildman–Crippen LogP) is 5.47. The summed E-state index contributed by atoms with van der Waals surface area (Å²) in [7, 11) is -2.46. The fraction of sp³-hybridized carbons (Fsp3) is 0.419. The second kappa shape index (κ2) is 12.4. The van der Waals surface area contributed by atoms with Gasteiger partial charge in [0.15, 0.2) is 5.78 Å². The number of aromatic nitrogens is 1. The quantitative estimate of drug-likeness (QED) is 0.239. The number of benzene rings is 2. The lowest BCUT2D eigenvalue weighted by Crippen LogP contribution is -2.36. The summed E-state index contributed by atoms with van der Waals surface area (Å²) < 4.78 is 42.2. The van der Waals surface area contributed by atoms with Crippen LogP contribution in [-0.2, 0) is 32.6 Å². The van der Waals surface area contributed by atoms with Gasteiger partial charge in [0, 0.05) is 31.6 Å². The van der Waals surface area contributed by atoms with Crippen molar-refractivity contribution in [1.29, 1.82) is 0 Å². The summed E-state index contributed by atoms with van der Waals surface area (Å²) in [6.45, 7) is 8.46. The summed E-state index contributed by atoms with van der Waals surface area (Å²) in [5.41, 5.74) is 4.04. The van der Waals surface area contributed by atoms with E-state index in [1.165, 1.54) is 18.3 Å². The number of carbonyl (C=O) groups is 2. The Kier molecular flexibility index (Phi) is 9.15. The molecule has 1 aromatic heterocycles. The van der Waals surface area contributed by atoms with Gasteiger partial charge in [0.2, 0.25) is 10.0 Å². The molecule has 8 nitrogen and oxygen atoms in total. The van der Waals surface area contributed by atoms with Crippen molar-refractivity contribution in [3.05, 3.63) is 82.7 Å². The molecule has 9 heteroatoms. The fourth-order valence-electron chi connectivity index (χ4n) is 5.42. The second-order valence-electron chi connectivity index (χ2n) is 10.2. The van der Waals surface area contributed by atoms with E-state index in [-0.39, 0.29) is 48.2 Å². The molecule has 0 fully saturated rings. The van der Waals surface area contributed by atoms with Crippen LogP contribution in [0.2, 0.25) is 0 Å². The number of Topliss-reactive ketones (excluding diaryl/α,β-unsaturated/α-hetero) is 1. The third-order valence-corrected chi connectivity index (χ3v) is 9.40. The third-order valence-electron chi connectivity index (χ3n) is 7.55. The van der Waals surface area contributed by atoms with Gasteiger partial charge in [-0.25, -0.2) is 8.42 Å². The molecular formula is C31H38N2O6S. The largest absolute Gasteiger partial charge is 0.488 e. The topological polar surface area (TPSA) is 94.9 Å². The van der Waals surface area contributed by atoms with Gasteiger partial charge >= 0.3 is 5.97 Å². The maximum Gasteiger partial charge on any atom is 0.306 e. The molecule has 2 aromatic carbocycles. The van der Waals surface area contributed by atoms with E-state index in [9.17, 15) is 18.0 Å². The number of sulfonamides is 1. The number of ketones is 1. The lowest BCUT2D eigenvalue weighted by Gasteiger charge is -2.25. The van der Waals surface area contributed by atoms with E-state index in [4.69, 9.17) is 9.47 Å². The van der Waals surface area contributed by atoms with E-state index in [1.807, 2.05) is 42.7 Å². The Morgan fingerprint density at radius 3 is 2.52 bits per heavy atom. The van der Waals surface area contributed by atoms with Crippen LogP contribution >= 0.6 is 0 Å². The number of para-hydroxylation sites is 1. The Bertz CT molecular complexity index is 1490. The molecular weight excluding hydrogens is 528 g/mol. The van der Waals surface area contributed by atoms with Crippen molar-refractivity contribution in [3.63, 3.8) is 0 Å². The van der Waals surface area contributed by atoms with Gasteiger partial charge in [-0.05, 0) is 61.2 Å². The molecule has 40 heavy (non-hydrogen) atoms. The minimum absolute atomic E-state index is 0.0509. The van der Waals surface area contributed by atoms with Crippen molar-refractivity contribution in [3.8, 4) is 5.75 Å². The van der Waals surface area contributed by atoms with Crippen LogP contribution in [0.5, 0.6) is 5.75 Å². The number of fused-ring (bicyclic) bond motifs is 1. The molecule has 0 radical (unpaired) electrons. The SMILES string of the molecule is CCC[C@@H]1CN(Cc2cc(C(CC(=O)OC)c3ccc(C(C)=O)n3CC)ccc2C)S(=O)(=O)c2ccccc2O1. The third kappa shape index (κ3) is 6.00. The van der Waals surface area contributed by atoms with Crippen LogP contribution in [0.4, 0.5) is 0 Å². The van der Waals surface area contributed by atoms with Crippen LogP contribution in [0.3, 0.4) is 0 Å². The Balaban J connectivity index is 1.77. The molecule has 1 unspecified atom stereocenters. The normalized spacial score (nSPS) is 17.4. The predicted molar refractivity (Wildman–Crippen MR) is 153 cm³/mol. The number of hydrogen-bond donors (Lipinski definition) is 0. The minimum Gasteiger partial charge on any atom is -0.488 e. The van der Waals surface area contributed by atoms with E-state index in [2.05, 4.69) is 6.92 Å². The zero-order valence-electron chi connectivity index (χ0n) is 23.8. The van der Waals surface area contributed by atoms with Gasteiger partial charge in [-0.15, -0.1) is 0 Å². The summed E-state index contributed by atoms with van der Waals surface area (Å²) >= 11 is 0. The van der Waals surface area contributed by atoms with E-state index in [0.29, 0.717) is 18.0 Å². The van der Waals surface area contributed by atoms with E-state index in [1.54, 1.807) is 30.3 Å². The van der Waals surface area contributed by atoms with Crippen LogP contribution < -0.4 is 4.74 Å². The van der Waals surface area contributed by atoms with Crippen molar-refractivity contribution in [2.45, 2.75) is 77.0 Å². The molecule has 0 saturated carbocycles. The lowest BCUT2D eigenvalue weighted by molar-refractivity contribution is -0.140. The number of methoxy groups -OCH3 is 1. The van der Waals surface area contributed by atoms with Crippen molar-refractivity contribution >= 4 is 21.8 Å². The highest BCUT2D eigenvalue weighted by Crippen LogP contribution is 2.35. The smallest absolute Gasteiger partial charge is 0.306 e. The summed E-state index contributed by atoms with van der Waals surface area (Å²) in [5, 5.41) is 0. The molecule has 4 rings (SSSR count). The van der Waals surface area contributed by atoms with Crippen LogP contribution in [-0.4, -0.2) is 48.8 Å². The maximum absolute atomic E-state index is 13.8. The average molecular weight is 567 g/mol. The number of hydrogen-bond acceptors (Lipinski definition) is 6. The molecule has 0 amide bonds.